The first-order chi connectivity index (χ1) is 6.68. The zero-order valence-corrected chi connectivity index (χ0v) is 7.51. The Kier molecular flexibility index (Phi) is 2.03. The van der Waals surface area contributed by atoms with Gasteiger partial charge in [-0.15, -0.1) is 0 Å². The van der Waals surface area contributed by atoms with E-state index in [1.807, 2.05) is 0 Å². The normalized spacial score (nSPS) is 16.3. The van der Waals surface area contributed by atoms with Gasteiger partial charge in [-0.3, -0.25) is 10.1 Å². The molecule has 74 valence electrons. The van der Waals surface area contributed by atoms with Gasteiger partial charge in [-0.1, -0.05) is 6.42 Å². The quantitative estimate of drug-likeness (QED) is 0.564. The van der Waals surface area contributed by atoms with Crippen LogP contribution in [-0.2, 0) is 0 Å². The smallest absolute Gasteiger partial charge is 0.329 e. The molecule has 1 aliphatic carbocycles. The zero-order valence-electron chi connectivity index (χ0n) is 7.51. The van der Waals surface area contributed by atoms with E-state index in [-0.39, 0.29) is 11.5 Å². The third kappa shape index (κ3) is 1.39. The molecule has 0 aliphatic heterocycles. The summed E-state index contributed by atoms with van der Waals surface area (Å²) in [6, 6.07) is 0. The summed E-state index contributed by atoms with van der Waals surface area (Å²) in [5.41, 5.74) is 5.23. The number of anilines is 1. The maximum absolute atomic E-state index is 10.4. The molecule has 2 N–H and O–H groups in total. The minimum Gasteiger partial charge on any atom is -0.378 e. The van der Waals surface area contributed by atoms with Crippen LogP contribution >= 0.6 is 0 Å². The van der Waals surface area contributed by atoms with E-state index in [4.69, 9.17) is 5.73 Å². The molecule has 0 radical (unpaired) electrons. The fourth-order valence-electron chi connectivity index (χ4n) is 1.41. The second kappa shape index (κ2) is 3.21. The molecule has 1 aliphatic rings. The van der Waals surface area contributed by atoms with Gasteiger partial charge in [0.2, 0.25) is 5.82 Å². The molecule has 1 aromatic rings. The summed E-state index contributed by atoms with van der Waals surface area (Å²) >= 11 is 0. The molecular weight excluding hydrogens is 184 g/mol. The van der Waals surface area contributed by atoms with Crippen LogP contribution in [0.3, 0.4) is 0 Å². The predicted molar refractivity (Wildman–Crippen MR) is 49.7 cm³/mol. The third-order valence-corrected chi connectivity index (χ3v) is 2.48. The number of nitrogens with two attached hydrogens (primary N) is 1. The van der Waals surface area contributed by atoms with Crippen molar-refractivity contribution >= 4 is 11.5 Å². The van der Waals surface area contributed by atoms with Crippen LogP contribution in [-0.4, -0.2) is 14.9 Å². The van der Waals surface area contributed by atoms with E-state index in [0.717, 1.165) is 12.8 Å². The van der Waals surface area contributed by atoms with Gasteiger partial charge in [-0.05, 0) is 12.8 Å². The lowest BCUT2D eigenvalue weighted by molar-refractivity contribution is -0.384. The summed E-state index contributed by atoms with van der Waals surface area (Å²) in [5.74, 6) is 0.948. The van der Waals surface area contributed by atoms with Crippen LogP contribution in [0.15, 0.2) is 6.20 Å². The van der Waals surface area contributed by atoms with Gasteiger partial charge in [-0.25, -0.2) is 9.97 Å². The minimum absolute atomic E-state index is 0.0353. The van der Waals surface area contributed by atoms with Crippen LogP contribution in [0.4, 0.5) is 11.5 Å². The molecule has 0 bridgehead atoms. The predicted octanol–water partition coefficient (Wildman–Crippen LogP) is 1.23. The molecule has 0 aromatic carbocycles. The molecule has 6 nitrogen and oxygen atoms in total. The van der Waals surface area contributed by atoms with Crippen LogP contribution < -0.4 is 5.73 Å². The van der Waals surface area contributed by atoms with Crippen molar-refractivity contribution in [2.45, 2.75) is 25.2 Å². The van der Waals surface area contributed by atoms with E-state index in [9.17, 15) is 10.1 Å². The third-order valence-electron chi connectivity index (χ3n) is 2.48. The SMILES string of the molecule is Nc1nc(C2CCC2)ncc1[N+](=O)[O-]. The molecule has 0 spiro atoms. The van der Waals surface area contributed by atoms with Crippen molar-refractivity contribution in [2.75, 3.05) is 5.73 Å². The summed E-state index contributed by atoms with van der Waals surface area (Å²) in [6.07, 6.45) is 4.47. The number of nitro groups is 1. The molecule has 0 unspecified atom stereocenters. The van der Waals surface area contributed by atoms with Gasteiger partial charge >= 0.3 is 5.69 Å². The summed E-state index contributed by atoms with van der Waals surface area (Å²) in [4.78, 5) is 17.8. The Balaban J connectivity index is 2.30. The van der Waals surface area contributed by atoms with Gasteiger partial charge in [0.25, 0.3) is 0 Å². The van der Waals surface area contributed by atoms with E-state index in [1.54, 1.807) is 0 Å². The van der Waals surface area contributed by atoms with Crippen molar-refractivity contribution in [3.8, 4) is 0 Å². The highest BCUT2D eigenvalue weighted by Gasteiger charge is 2.24. The highest BCUT2D eigenvalue weighted by Crippen LogP contribution is 2.35. The molecule has 1 fully saturated rings. The average Bonchev–Trinajstić information content (AvgIpc) is 2.00. The summed E-state index contributed by atoms with van der Waals surface area (Å²) < 4.78 is 0. The molecule has 1 saturated carbocycles. The highest BCUT2D eigenvalue weighted by molar-refractivity contribution is 5.50. The lowest BCUT2D eigenvalue weighted by Gasteiger charge is -2.23. The van der Waals surface area contributed by atoms with Gasteiger partial charge in [-0.2, -0.15) is 0 Å². The van der Waals surface area contributed by atoms with Crippen molar-refractivity contribution in [1.29, 1.82) is 0 Å². The van der Waals surface area contributed by atoms with Gasteiger partial charge in [0.05, 0.1) is 4.92 Å². The molecular formula is C8H10N4O2. The Morgan fingerprint density at radius 2 is 2.29 bits per heavy atom. The first-order valence-corrected chi connectivity index (χ1v) is 4.45. The van der Waals surface area contributed by atoms with Crippen molar-refractivity contribution < 1.29 is 4.92 Å². The standard InChI is InChI=1S/C8H10N4O2/c9-7-6(12(13)14)4-10-8(11-7)5-2-1-3-5/h4-5H,1-3H2,(H2,9,10,11). The Labute approximate surface area is 80.3 Å². The number of rotatable bonds is 2. The van der Waals surface area contributed by atoms with E-state index in [0.29, 0.717) is 11.7 Å². The van der Waals surface area contributed by atoms with Crippen molar-refractivity contribution in [3.63, 3.8) is 0 Å². The second-order valence-electron chi connectivity index (χ2n) is 3.38. The van der Waals surface area contributed by atoms with Gasteiger partial charge in [0.15, 0.2) is 0 Å². The van der Waals surface area contributed by atoms with Crippen LogP contribution in [0.5, 0.6) is 0 Å². The number of nitrogens with zero attached hydrogens (tertiary/aromatic N) is 3. The fraction of sp³-hybridized carbons (Fsp3) is 0.500. The number of hydrogen-bond acceptors (Lipinski definition) is 5. The van der Waals surface area contributed by atoms with Crippen LogP contribution in [0.25, 0.3) is 0 Å². The second-order valence-corrected chi connectivity index (χ2v) is 3.38. The summed E-state index contributed by atoms with van der Waals surface area (Å²) in [5, 5.41) is 10.4. The van der Waals surface area contributed by atoms with E-state index in [1.165, 1.54) is 12.6 Å². The van der Waals surface area contributed by atoms with Gasteiger partial charge < -0.3 is 5.73 Å². The Bertz CT molecular complexity index is 376. The molecule has 6 heteroatoms. The number of nitrogen functional groups attached to an aromatic ring is 1. The molecule has 1 heterocycles. The van der Waals surface area contributed by atoms with E-state index in [2.05, 4.69) is 9.97 Å². The molecule has 0 atom stereocenters. The number of hydrogen-bond donors (Lipinski definition) is 1. The average molecular weight is 194 g/mol. The minimum atomic E-state index is -0.570. The maximum Gasteiger partial charge on any atom is 0.329 e. The van der Waals surface area contributed by atoms with Crippen LogP contribution in [0, 0.1) is 10.1 Å². The van der Waals surface area contributed by atoms with Gasteiger partial charge in [0, 0.05) is 5.92 Å². The monoisotopic (exact) mass is 194 g/mol. The van der Waals surface area contributed by atoms with Crippen molar-refractivity contribution in [1.82, 2.24) is 9.97 Å². The first-order valence-electron chi connectivity index (χ1n) is 4.45. The Morgan fingerprint density at radius 1 is 1.57 bits per heavy atom. The largest absolute Gasteiger partial charge is 0.378 e. The number of aromatic nitrogens is 2. The van der Waals surface area contributed by atoms with Crippen LogP contribution in [0.2, 0.25) is 0 Å². The van der Waals surface area contributed by atoms with Crippen molar-refractivity contribution in [3.05, 3.63) is 22.1 Å². The molecule has 2 rings (SSSR count). The van der Waals surface area contributed by atoms with Crippen molar-refractivity contribution in [2.24, 2.45) is 0 Å². The van der Waals surface area contributed by atoms with E-state index < -0.39 is 4.92 Å². The molecule has 1 aromatic heterocycles. The van der Waals surface area contributed by atoms with E-state index >= 15 is 0 Å². The maximum atomic E-state index is 10.4. The zero-order chi connectivity index (χ0) is 10.1. The Morgan fingerprint density at radius 3 is 2.71 bits per heavy atom. The molecule has 14 heavy (non-hydrogen) atoms. The fourth-order valence-corrected chi connectivity index (χ4v) is 1.41. The summed E-state index contributed by atoms with van der Waals surface area (Å²) in [6.45, 7) is 0. The lowest BCUT2D eigenvalue weighted by atomic mass is 9.85. The van der Waals surface area contributed by atoms with Gasteiger partial charge in [0.1, 0.15) is 12.0 Å². The summed E-state index contributed by atoms with van der Waals surface area (Å²) in [7, 11) is 0. The van der Waals surface area contributed by atoms with Crippen LogP contribution in [0.1, 0.15) is 31.0 Å². The molecule has 0 saturated heterocycles. The molecule has 0 amide bonds. The topological polar surface area (TPSA) is 94.9 Å². The first kappa shape index (κ1) is 8.86. The lowest BCUT2D eigenvalue weighted by Crippen LogP contribution is -2.14. The highest BCUT2D eigenvalue weighted by atomic mass is 16.6. The Hall–Kier alpha value is -1.72.